The number of halogens is 4. The maximum Gasteiger partial charge on any atom is 0.490 e. The van der Waals surface area contributed by atoms with Gasteiger partial charge in [0.1, 0.15) is 19.9 Å². The van der Waals surface area contributed by atoms with Crippen LogP contribution in [0.2, 0.25) is 4.34 Å². The quantitative estimate of drug-likeness (QED) is 0.208. The van der Waals surface area contributed by atoms with Crippen molar-refractivity contribution in [1.29, 1.82) is 0 Å². The molecule has 3 aromatic rings. The Labute approximate surface area is 263 Å². The highest BCUT2D eigenvalue weighted by Crippen LogP contribution is 2.42. The summed E-state index contributed by atoms with van der Waals surface area (Å²) >= 11 is 7.27. The van der Waals surface area contributed by atoms with Gasteiger partial charge in [-0.3, -0.25) is 9.62 Å². The lowest BCUT2D eigenvalue weighted by Gasteiger charge is -2.26. The lowest BCUT2D eigenvalue weighted by atomic mass is 10.1. The molecule has 2 aliphatic heterocycles. The summed E-state index contributed by atoms with van der Waals surface area (Å²) in [5.41, 5.74) is 1.25. The van der Waals surface area contributed by atoms with Gasteiger partial charge in [0.15, 0.2) is 11.5 Å². The molecule has 3 heterocycles. The predicted octanol–water partition coefficient (Wildman–Crippen LogP) is 4.82. The molecule has 18 heteroatoms. The number of carbonyl (C=O) groups is 2. The molecule has 0 unspecified atom stereocenters. The molecule has 1 fully saturated rings. The maximum absolute atomic E-state index is 13.0. The van der Waals surface area contributed by atoms with Crippen molar-refractivity contribution in [2.45, 2.75) is 16.8 Å². The van der Waals surface area contributed by atoms with Crippen LogP contribution in [0.5, 0.6) is 17.2 Å². The number of fused-ring (bicyclic) bond motifs is 1. The number of ether oxygens (including phenoxy) is 4. The SMILES string of the molecule is O=C(O)C(F)(F)F.O=C(OCCCN1CCOCC1)c1ccc(NS(=O)(=O)c2cc(-c3ccc4c(c3)OCO4)c(Cl)s2)cc1O. The van der Waals surface area contributed by atoms with Gasteiger partial charge in [0.05, 0.1) is 25.5 Å². The summed E-state index contributed by atoms with van der Waals surface area (Å²) in [6, 6.07) is 10.6. The third kappa shape index (κ3) is 9.13. The largest absolute Gasteiger partial charge is 0.507 e. The molecule has 3 N–H and O–H groups in total. The van der Waals surface area contributed by atoms with Gasteiger partial charge >= 0.3 is 18.1 Å². The van der Waals surface area contributed by atoms with Crippen molar-refractivity contribution in [2.24, 2.45) is 0 Å². The van der Waals surface area contributed by atoms with E-state index < -0.39 is 33.9 Å². The molecular weight excluding hydrogens is 669 g/mol. The number of benzene rings is 2. The van der Waals surface area contributed by atoms with Gasteiger partial charge in [-0.05, 0) is 42.3 Å². The molecule has 45 heavy (non-hydrogen) atoms. The van der Waals surface area contributed by atoms with E-state index in [0.717, 1.165) is 37.0 Å². The molecule has 2 aromatic carbocycles. The highest BCUT2D eigenvalue weighted by molar-refractivity contribution is 7.94. The van der Waals surface area contributed by atoms with Crippen LogP contribution < -0.4 is 14.2 Å². The second-order valence-corrected chi connectivity index (χ2v) is 13.0. The van der Waals surface area contributed by atoms with Crippen molar-refractivity contribution in [3.05, 3.63) is 52.4 Å². The number of alkyl halides is 3. The minimum atomic E-state index is -5.08. The zero-order valence-corrected chi connectivity index (χ0v) is 25.5. The molecule has 0 radical (unpaired) electrons. The second kappa shape index (κ2) is 14.6. The number of rotatable bonds is 9. The van der Waals surface area contributed by atoms with Gasteiger partial charge in [0.25, 0.3) is 10.0 Å². The molecule has 2 aliphatic rings. The molecule has 0 saturated carbocycles. The van der Waals surface area contributed by atoms with E-state index >= 15 is 0 Å². The van der Waals surface area contributed by atoms with E-state index in [4.69, 9.17) is 40.4 Å². The summed E-state index contributed by atoms with van der Waals surface area (Å²) in [6.45, 7) is 4.21. The van der Waals surface area contributed by atoms with Crippen molar-refractivity contribution in [3.63, 3.8) is 0 Å². The summed E-state index contributed by atoms with van der Waals surface area (Å²) in [4.78, 5) is 23.5. The first kappa shape index (κ1) is 34.1. The summed E-state index contributed by atoms with van der Waals surface area (Å²) < 4.78 is 81.8. The number of hydrogen-bond acceptors (Lipinski definition) is 11. The molecule has 0 bridgehead atoms. The molecule has 5 rings (SSSR count). The average Bonchev–Trinajstić information content (AvgIpc) is 3.62. The Bertz CT molecular complexity index is 1640. The van der Waals surface area contributed by atoms with E-state index in [2.05, 4.69) is 9.62 Å². The van der Waals surface area contributed by atoms with E-state index in [9.17, 15) is 31.5 Å². The molecule has 1 aromatic heterocycles. The van der Waals surface area contributed by atoms with Crippen LogP contribution in [0.15, 0.2) is 46.7 Å². The van der Waals surface area contributed by atoms with Crippen LogP contribution >= 0.6 is 22.9 Å². The van der Waals surface area contributed by atoms with E-state index in [1.807, 2.05) is 0 Å². The summed E-state index contributed by atoms with van der Waals surface area (Å²) in [6.07, 6.45) is -4.43. The number of phenolic OH excluding ortho intramolecular Hbond substituents is 1. The summed E-state index contributed by atoms with van der Waals surface area (Å²) in [5, 5.41) is 17.5. The Morgan fingerprint density at radius 3 is 2.42 bits per heavy atom. The summed E-state index contributed by atoms with van der Waals surface area (Å²) in [5.74, 6) is -2.67. The third-order valence-corrected chi connectivity index (χ3v) is 9.49. The van der Waals surface area contributed by atoms with Crippen LogP contribution in [0.25, 0.3) is 11.1 Å². The van der Waals surface area contributed by atoms with Gasteiger partial charge in [-0.2, -0.15) is 13.2 Å². The number of sulfonamides is 1. The van der Waals surface area contributed by atoms with Gasteiger partial charge in [0.2, 0.25) is 6.79 Å². The predicted molar refractivity (Wildman–Crippen MR) is 156 cm³/mol. The summed E-state index contributed by atoms with van der Waals surface area (Å²) in [7, 11) is -4.03. The van der Waals surface area contributed by atoms with Gasteiger partial charge < -0.3 is 29.2 Å². The van der Waals surface area contributed by atoms with Gasteiger partial charge in [0, 0.05) is 31.3 Å². The molecular formula is C27H26ClF3N2O10S2. The minimum absolute atomic E-state index is 0.0154. The number of thiophene rings is 1. The second-order valence-electron chi connectivity index (χ2n) is 9.40. The number of nitrogens with zero attached hydrogens (tertiary/aromatic N) is 1. The minimum Gasteiger partial charge on any atom is -0.507 e. The highest BCUT2D eigenvalue weighted by atomic mass is 35.5. The fourth-order valence-corrected chi connectivity index (χ4v) is 6.88. The smallest absolute Gasteiger partial charge is 0.490 e. The Kier molecular flexibility index (Phi) is 11.0. The number of morpholine rings is 1. The third-order valence-electron chi connectivity index (χ3n) is 6.28. The number of carbonyl (C=O) groups excluding carboxylic acids is 1. The first-order chi connectivity index (χ1) is 21.2. The number of carboxylic acid groups (broad SMARTS) is 1. The molecule has 12 nitrogen and oxygen atoms in total. The van der Waals surface area contributed by atoms with E-state index in [1.54, 1.807) is 18.2 Å². The monoisotopic (exact) mass is 694 g/mol. The van der Waals surface area contributed by atoms with Gasteiger partial charge in [-0.1, -0.05) is 17.7 Å². The van der Waals surface area contributed by atoms with Crippen molar-refractivity contribution < 1.29 is 60.3 Å². The van der Waals surface area contributed by atoms with Crippen molar-refractivity contribution in [3.8, 4) is 28.4 Å². The number of nitrogens with one attached hydrogen (secondary N) is 1. The number of carboxylic acids is 1. The van der Waals surface area contributed by atoms with E-state index in [-0.39, 0.29) is 28.9 Å². The molecule has 244 valence electrons. The average molecular weight is 695 g/mol. The number of hydrogen-bond donors (Lipinski definition) is 3. The van der Waals surface area contributed by atoms with Crippen LogP contribution in [0.4, 0.5) is 18.9 Å². The van der Waals surface area contributed by atoms with Gasteiger partial charge in [-0.15, -0.1) is 11.3 Å². The lowest BCUT2D eigenvalue weighted by Crippen LogP contribution is -2.37. The molecule has 0 spiro atoms. The number of esters is 1. The van der Waals surface area contributed by atoms with E-state index in [0.29, 0.717) is 46.6 Å². The van der Waals surface area contributed by atoms with Crippen molar-refractivity contribution in [1.82, 2.24) is 4.90 Å². The number of aliphatic carboxylic acids is 1. The van der Waals surface area contributed by atoms with Crippen LogP contribution in [0.1, 0.15) is 16.8 Å². The van der Waals surface area contributed by atoms with Crippen LogP contribution in [-0.2, 0) is 24.3 Å². The highest BCUT2D eigenvalue weighted by Gasteiger charge is 2.38. The van der Waals surface area contributed by atoms with Gasteiger partial charge in [-0.25, -0.2) is 18.0 Å². The Morgan fingerprint density at radius 1 is 1.07 bits per heavy atom. The standard InChI is InChI=1S/C25H25ClN2O8S2.C2HF3O2/c26-24-19(16-2-5-21-22(12-16)36-15-35-21)14-23(37-24)38(31,32)27-17-3-4-18(20(29)13-17)25(30)34-9-1-6-28-7-10-33-11-8-28;3-2(4,5)1(6)7/h2-5,12-14,27,29H,1,6-11,15H2;(H,6,7). The topological polar surface area (TPSA) is 161 Å². The first-order valence-electron chi connectivity index (χ1n) is 13.1. The van der Waals surface area contributed by atoms with Crippen LogP contribution in [0.3, 0.4) is 0 Å². The normalized spacial score (nSPS) is 14.8. The van der Waals surface area contributed by atoms with E-state index in [1.165, 1.54) is 18.2 Å². The van der Waals surface area contributed by atoms with Crippen molar-refractivity contribution in [2.75, 3.05) is 51.0 Å². The lowest BCUT2D eigenvalue weighted by molar-refractivity contribution is -0.192. The molecule has 1 saturated heterocycles. The Balaban J connectivity index is 0.000000591. The maximum atomic E-state index is 13.0. The van der Waals surface area contributed by atoms with Crippen molar-refractivity contribution >= 4 is 50.6 Å². The number of phenols is 1. The first-order valence-corrected chi connectivity index (χ1v) is 15.7. The zero-order chi connectivity index (χ0) is 32.8. The molecule has 0 atom stereocenters. The van der Waals surface area contributed by atoms with Crippen LogP contribution in [0, 0.1) is 0 Å². The number of aromatic hydroxyl groups is 1. The van der Waals surface area contributed by atoms with Crippen LogP contribution in [-0.4, -0.2) is 87.9 Å². The zero-order valence-electron chi connectivity index (χ0n) is 23.1. The molecule has 0 aliphatic carbocycles. The molecule has 0 amide bonds. The Morgan fingerprint density at radius 2 is 1.76 bits per heavy atom. The fourth-order valence-electron chi connectivity index (χ4n) is 4.07. The Hall–Kier alpha value is -3.77. The number of anilines is 1. The fraction of sp³-hybridized carbons (Fsp3) is 0.333.